The number of hydrogen-bond donors (Lipinski definition) is 4. The molecule has 0 aliphatic heterocycles. The standard InChI is InChI=1S/C59H112O16P2/c1-4-7-10-13-16-19-22-25-26-29-31-33-36-39-42-45-57(62)69-48-54(60)49-71-76(65,66)72-50-55(61)51-73-77(67,68)74-53-56(75-59(64)47-44-41-38-35-32-28-24-21-18-15-12-9-6-3)52-70-58(63)46-43-40-37-34-30-27-23-20-17-14-11-8-5-2/h20,23,25-26,54-56,60-61H,4-19,21-22,24,27-53H2,1-3H3,(H,65,66)(H,67,68)/b23-20-,26-25-. The van der Waals surface area contributed by atoms with Crippen LogP contribution in [0.5, 0.6) is 0 Å². The van der Waals surface area contributed by atoms with Gasteiger partial charge in [-0.05, 0) is 70.6 Å². The molecule has 0 rings (SSSR count). The molecule has 0 aliphatic rings. The van der Waals surface area contributed by atoms with Gasteiger partial charge in [-0.2, -0.15) is 0 Å². The zero-order valence-electron chi connectivity index (χ0n) is 48.7. The SMILES string of the molecule is CCCCCC/C=C\CCCCCCCC(=O)OCC(COP(=O)(O)OCC(O)COP(=O)(O)OCC(O)COC(=O)CCCCCCC/C=C\CCCCCCCC)OC(=O)CCCCCCCCCCCCCCC. The molecule has 77 heavy (non-hydrogen) atoms. The number of esters is 3. The maximum Gasteiger partial charge on any atom is 0.472 e. The molecule has 0 spiro atoms. The number of ether oxygens (including phenoxy) is 3. The number of aliphatic hydroxyl groups is 2. The predicted molar refractivity (Wildman–Crippen MR) is 307 cm³/mol. The number of allylic oxidation sites excluding steroid dienone is 4. The Hall–Kier alpha value is -1.97. The van der Waals surface area contributed by atoms with E-state index >= 15 is 0 Å². The van der Waals surface area contributed by atoms with Crippen LogP contribution >= 0.6 is 15.6 Å². The molecule has 18 heteroatoms. The van der Waals surface area contributed by atoms with E-state index in [1.807, 2.05) is 0 Å². The molecule has 16 nitrogen and oxygen atoms in total. The van der Waals surface area contributed by atoms with Gasteiger partial charge in [0.1, 0.15) is 25.4 Å². The Morgan fingerprint density at radius 2 is 0.610 bits per heavy atom. The van der Waals surface area contributed by atoms with E-state index in [-0.39, 0.29) is 19.3 Å². The van der Waals surface area contributed by atoms with Gasteiger partial charge in [0.15, 0.2) is 6.10 Å². The van der Waals surface area contributed by atoms with Gasteiger partial charge in [-0.25, -0.2) is 9.13 Å². The summed E-state index contributed by atoms with van der Waals surface area (Å²) < 4.78 is 60.6. The highest BCUT2D eigenvalue weighted by Gasteiger charge is 2.29. The Morgan fingerprint density at radius 1 is 0.351 bits per heavy atom. The molecule has 5 atom stereocenters. The van der Waals surface area contributed by atoms with Gasteiger partial charge in [0, 0.05) is 19.3 Å². The predicted octanol–water partition coefficient (Wildman–Crippen LogP) is 15.7. The average Bonchev–Trinajstić information content (AvgIpc) is 3.40. The van der Waals surface area contributed by atoms with Crippen molar-refractivity contribution < 1.29 is 75.8 Å². The largest absolute Gasteiger partial charge is 0.472 e. The summed E-state index contributed by atoms with van der Waals surface area (Å²) in [7, 11) is -9.74. The van der Waals surface area contributed by atoms with Crippen LogP contribution in [-0.4, -0.2) is 95.9 Å². The van der Waals surface area contributed by atoms with Crippen molar-refractivity contribution >= 4 is 33.6 Å². The maximum absolute atomic E-state index is 12.8. The van der Waals surface area contributed by atoms with E-state index in [9.17, 15) is 43.5 Å². The third-order valence-corrected chi connectivity index (χ3v) is 15.1. The number of hydrogen-bond acceptors (Lipinski definition) is 14. The molecular weight excluding hydrogens is 1030 g/mol. The van der Waals surface area contributed by atoms with Crippen molar-refractivity contribution in [1.29, 1.82) is 0 Å². The van der Waals surface area contributed by atoms with Crippen molar-refractivity contribution in [3.05, 3.63) is 24.3 Å². The molecule has 0 aromatic carbocycles. The second-order valence-corrected chi connectivity index (χ2v) is 23.8. The zero-order valence-corrected chi connectivity index (χ0v) is 50.4. The molecule has 0 aliphatic carbocycles. The van der Waals surface area contributed by atoms with Crippen molar-refractivity contribution in [2.24, 2.45) is 0 Å². The van der Waals surface area contributed by atoms with Gasteiger partial charge in [0.25, 0.3) is 0 Å². The molecule has 0 heterocycles. The van der Waals surface area contributed by atoms with Crippen molar-refractivity contribution in [2.45, 2.75) is 296 Å². The average molecular weight is 1140 g/mol. The number of carbonyl (C=O) groups excluding carboxylic acids is 3. The van der Waals surface area contributed by atoms with Crippen molar-refractivity contribution in [2.75, 3.05) is 39.6 Å². The van der Waals surface area contributed by atoms with E-state index in [1.165, 1.54) is 116 Å². The lowest BCUT2D eigenvalue weighted by atomic mass is 10.0. The van der Waals surface area contributed by atoms with E-state index in [0.29, 0.717) is 19.3 Å². The van der Waals surface area contributed by atoms with Crippen LogP contribution in [0.4, 0.5) is 0 Å². The van der Waals surface area contributed by atoms with Crippen LogP contribution < -0.4 is 0 Å². The van der Waals surface area contributed by atoms with Gasteiger partial charge in [0.2, 0.25) is 0 Å². The molecule has 5 unspecified atom stereocenters. The highest BCUT2D eigenvalue weighted by atomic mass is 31.2. The maximum atomic E-state index is 12.8. The van der Waals surface area contributed by atoms with Crippen LogP contribution in [0.1, 0.15) is 278 Å². The highest BCUT2D eigenvalue weighted by molar-refractivity contribution is 7.47. The normalized spacial score (nSPS) is 14.6. The molecule has 0 radical (unpaired) electrons. The quantitative estimate of drug-likeness (QED) is 0.0146. The summed E-state index contributed by atoms with van der Waals surface area (Å²) in [6.45, 7) is 2.65. The first-order valence-electron chi connectivity index (χ1n) is 30.6. The molecule has 4 N–H and O–H groups in total. The second kappa shape index (κ2) is 54.6. The highest BCUT2D eigenvalue weighted by Crippen LogP contribution is 2.45. The zero-order chi connectivity index (χ0) is 56.8. The van der Waals surface area contributed by atoms with Crippen LogP contribution in [-0.2, 0) is 55.8 Å². The first-order valence-corrected chi connectivity index (χ1v) is 33.6. The lowest BCUT2D eigenvalue weighted by molar-refractivity contribution is -0.161. The van der Waals surface area contributed by atoms with Crippen LogP contribution in [0.3, 0.4) is 0 Å². The molecule has 0 amide bonds. The monoisotopic (exact) mass is 1140 g/mol. The smallest absolute Gasteiger partial charge is 0.463 e. The van der Waals surface area contributed by atoms with E-state index in [1.54, 1.807) is 0 Å². The van der Waals surface area contributed by atoms with Crippen LogP contribution in [0, 0.1) is 0 Å². The number of rotatable bonds is 59. The Morgan fingerprint density at radius 3 is 0.961 bits per heavy atom. The summed E-state index contributed by atoms with van der Waals surface area (Å²) in [6.07, 6.45) is 46.7. The van der Waals surface area contributed by atoms with Gasteiger partial charge < -0.3 is 34.2 Å². The minimum Gasteiger partial charge on any atom is -0.463 e. The van der Waals surface area contributed by atoms with Gasteiger partial charge in [-0.3, -0.25) is 32.5 Å². The molecule has 0 aromatic rings. The van der Waals surface area contributed by atoms with E-state index in [2.05, 4.69) is 45.1 Å². The summed E-state index contributed by atoms with van der Waals surface area (Å²) in [6, 6.07) is 0. The fourth-order valence-electron chi connectivity index (χ4n) is 8.38. The number of phosphoric acid groups is 2. The van der Waals surface area contributed by atoms with E-state index < -0.39 is 91.5 Å². The first kappa shape index (κ1) is 75.0. The summed E-state index contributed by atoms with van der Waals surface area (Å²) >= 11 is 0. The molecule has 454 valence electrons. The second-order valence-electron chi connectivity index (χ2n) is 20.9. The van der Waals surface area contributed by atoms with E-state index in [0.717, 1.165) is 103 Å². The minimum atomic E-state index is -4.91. The Labute approximate surface area is 467 Å². The lowest BCUT2D eigenvalue weighted by Crippen LogP contribution is -2.30. The number of carbonyl (C=O) groups is 3. The minimum absolute atomic E-state index is 0.111. The van der Waals surface area contributed by atoms with Crippen molar-refractivity contribution in [3.63, 3.8) is 0 Å². The van der Waals surface area contributed by atoms with Crippen molar-refractivity contribution in [1.82, 2.24) is 0 Å². The summed E-state index contributed by atoms with van der Waals surface area (Å²) in [4.78, 5) is 58.0. The third-order valence-electron chi connectivity index (χ3n) is 13.1. The fraction of sp³-hybridized carbons (Fsp3) is 0.881. The molecule has 0 bridgehead atoms. The topological polar surface area (TPSA) is 231 Å². The van der Waals surface area contributed by atoms with Crippen LogP contribution in [0.15, 0.2) is 24.3 Å². The van der Waals surface area contributed by atoms with E-state index in [4.69, 9.17) is 32.3 Å². The summed E-state index contributed by atoms with van der Waals surface area (Å²) in [5.74, 6) is -1.58. The van der Waals surface area contributed by atoms with Gasteiger partial charge in [-0.1, -0.05) is 212 Å². The molecular formula is C59H112O16P2. The number of unbranched alkanes of at least 4 members (excludes halogenated alkanes) is 32. The molecule has 0 aromatic heterocycles. The third kappa shape index (κ3) is 55.7. The first-order chi connectivity index (χ1) is 37.2. The van der Waals surface area contributed by atoms with Crippen molar-refractivity contribution in [3.8, 4) is 0 Å². The van der Waals surface area contributed by atoms with Crippen LogP contribution in [0.2, 0.25) is 0 Å². The molecule has 0 saturated carbocycles. The summed E-state index contributed by atoms with van der Waals surface area (Å²) in [5.41, 5.74) is 0. The Bertz CT molecular complexity index is 1530. The van der Waals surface area contributed by atoms with Crippen LogP contribution in [0.25, 0.3) is 0 Å². The Kier molecular flexibility index (Phi) is 53.2. The number of aliphatic hydroxyl groups excluding tert-OH is 2. The van der Waals surface area contributed by atoms with Gasteiger partial charge in [0.05, 0.1) is 26.4 Å². The fourth-order valence-corrected chi connectivity index (χ4v) is 9.97. The van der Waals surface area contributed by atoms with Gasteiger partial charge in [-0.15, -0.1) is 0 Å². The Balaban J connectivity index is 4.66. The van der Waals surface area contributed by atoms with Gasteiger partial charge >= 0.3 is 33.6 Å². The summed E-state index contributed by atoms with van der Waals surface area (Å²) in [5, 5.41) is 20.4. The lowest BCUT2D eigenvalue weighted by Gasteiger charge is -2.21. The number of phosphoric ester groups is 2. The molecule has 0 fully saturated rings. The molecule has 0 saturated heterocycles.